The molecule has 8 nitrogen and oxygen atoms in total. The van der Waals surface area contributed by atoms with Crippen LogP contribution in [0.5, 0.6) is 0 Å². The zero-order chi connectivity index (χ0) is 22.0. The van der Waals surface area contributed by atoms with Gasteiger partial charge in [-0.25, -0.2) is 8.42 Å². The van der Waals surface area contributed by atoms with Crippen LogP contribution in [-0.4, -0.2) is 50.2 Å². The van der Waals surface area contributed by atoms with Crippen LogP contribution in [0.3, 0.4) is 0 Å². The van der Waals surface area contributed by atoms with E-state index in [2.05, 4.69) is 5.32 Å². The van der Waals surface area contributed by atoms with E-state index in [1.54, 1.807) is 24.5 Å². The van der Waals surface area contributed by atoms with E-state index in [-0.39, 0.29) is 23.1 Å². The maximum absolute atomic E-state index is 13.0. The van der Waals surface area contributed by atoms with Crippen molar-refractivity contribution in [1.29, 1.82) is 0 Å². The van der Waals surface area contributed by atoms with Gasteiger partial charge in [0.25, 0.3) is 0 Å². The summed E-state index contributed by atoms with van der Waals surface area (Å²) in [7, 11) is -3.58. The van der Waals surface area contributed by atoms with Crippen LogP contribution in [0, 0.1) is 0 Å². The van der Waals surface area contributed by atoms with E-state index in [4.69, 9.17) is 4.42 Å². The molecule has 0 unspecified atom stereocenters. The highest BCUT2D eigenvalue weighted by atomic mass is 32.2. The lowest BCUT2D eigenvalue weighted by Gasteiger charge is -2.26. The van der Waals surface area contributed by atoms with Crippen LogP contribution in [0.4, 0.5) is 5.69 Å². The second-order valence-corrected chi connectivity index (χ2v) is 9.92. The summed E-state index contributed by atoms with van der Waals surface area (Å²) in [6.07, 6.45) is 5.19. The van der Waals surface area contributed by atoms with Gasteiger partial charge in [0, 0.05) is 45.1 Å². The van der Waals surface area contributed by atoms with Gasteiger partial charge in [-0.15, -0.1) is 0 Å². The highest BCUT2D eigenvalue weighted by Crippen LogP contribution is 2.35. The molecule has 0 radical (unpaired) electrons. The average Bonchev–Trinajstić information content (AvgIpc) is 3.41. The molecule has 31 heavy (non-hydrogen) atoms. The van der Waals surface area contributed by atoms with Crippen LogP contribution in [0.25, 0.3) is 0 Å². The first-order valence-electron chi connectivity index (χ1n) is 10.6. The smallest absolute Gasteiger partial charge is 0.243 e. The maximum atomic E-state index is 13.0. The number of benzene rings is 1. The monoisotopic (exact) mass is 445 g/mol. The predicted molar refractivity (Wildman–Crippen MR) is 115 cm³/mol. The van der Waals surface area contributed by atoms with E-state index < -0.39 is 16.1 Å². The molecule has 2 aliphatic heterocycles. The number of nitrogens with one attached hydrogen (secondary N) is 1. The molecular formula is C22H27N3O5S. The second kappa shape index (κ2) is 8.84. The molecule has 0 aliphatic carbocycles. The Morgan fingerprint density at radius 1 is 1.16 bits per heavy atom. The van der Waals surface area contributed by atoms with Crippen molar-refractivity contribution in [2.75, 3.05) is 24.5 Å². The number of nitrogens with zero attached hydrogens (tertiary/aromatic N) is 2. The fourth-order valence-electron chi connectivity index (χ4n) is 4.32. The van der Waals surface area contributed by atoms with Crippen LogP contribution in [0.15, 0.2) is 45.9 Å². The first-order valence-corrected chi connectivity index (χ1v) is 12.0. The number of piperidine rings is 1. The summed E-state index contributed by atoms with van der Waals surface area (Å²) in [6.45, 7) is 2.86. The number of hydrogen-bond acceptors (Lipinski definition) is 5. The highest BCUT2D eigenvalue weighted by molar-refractivity contribution is 7.89. The fourth-order valence-corrected chi connectivity index (χ4v) is 5.89. The van der Waals surface area contributed by atoms with Gasteiger partial charge in [0.2, 0.25) is 21.8 Å². The molecule has 0 saturated carbocycles. The Morgan fingerprint density at radius 2 is 1.94 bits per heavy atom. The SMILES string of the molecule is CC(=O)N1c2ccc(S(=O)(=O)N3CCCCC3)cc2C[C@H]1C(=O)NCCc1ccco1. The van der Waals surface area contributed by atoms with Gasteiger partial charge < -0.3 is 9.73 Å². The standard InChI is InChI=1S/C22H27N3O5S/c1-16(26)25-20-8-7-19(31(28,29)24-11-3-2-4-12-24)14-17(20)15-21(25)22(27)23-10-9-18-6-5-13-30-18/h5-8,13-14,21H,2-4,9-12,15H2,1H3,(H,23,27)/t21-/m0/s1. The zero-order valence-electron chi connectivity index (χ0n) is 17.5. The number of furan rings is 1. The number of anilines is 1. The molecule has 0 spiro atoms. The molecule has 1 atom stereocenters. The van der Waals surface area contributed by atoms with Gasteiger partial charge in [0.1, 0.15) is 11.8 Å². The molecule has 9 heteroatoms. The third-order valence-electron chi connectivity index (χ3n) is 5.88. The van der Waals surface area contributed by atoms with Crippen LogP contribution < -0.4 is 10.2 Å². The van der Waals surface area contributed by atoms with Crippen LogP contribution in [0.2, 0.25) is 0 Å². The zero-order valence-corrected chi connectivity index (χ0v) is 18.4. The van der Waals surface area contributed by atoms with Crippen molar-refractivity contribution in [3.8, 4) is 0 Å². The van der Waals surface area contributed by atoms with Crippen LogP contribution >= 0.6 is 0 Å². The van der Waals surface area contributed by atoms with Gasteiger partial charge in [-0.05, 0) is 48.7 Å². The number of carbonyl (C=O) groups excluding carboxylic acids is 2. The Hall–Kier alpha value is -2.65. The Balaban J connectivity index is 1.51. The van der Waals surface area contributed by atoms with E-state index >= 15 is 0 Å². The molecule has 1 saturated heterocycles. The number of carbonyl (C=O) groups is 2. The number of hydrogen-bond donors (Lipinski definition) is 1. The van der Waals surface area contributed by atoms with Crippen molar-refractivity contribution < 1.29 is 22.4 Å². The Kier molecular flexibility index (Phi) is 6.15. The Bertz CT molecular complexity index is 1060. The molecule has 1 aromatic heterocycles. The molecule has 1 fully saturated rings. The minimum Gasteiger partial charge on any atom is -0.469 e. The van der Waals surface area contributed by atoms with E-state index in [9.17, 15) is 18.0 Å². The molecular weight excluding hydrogens is 418 g/mol. The van der Waals surface area contributed by atoms with E-state index in [1.807, 2.05) is 6.07 Å². The molecule has 0 bridgehead atoms. The summed E-state index contributed by atoms with van der Waals surface area (Å²) in [5.41, 5.74) is 1.29. The fraction of sp³-hybridized carbons (Fsp3) is 0.455. The Labute approximate surface area is 182 Å². The van der Waals surface area contributed by atoms with Crippen molar-refractivity contribution in [2.45, 2.75) is 50.0 Å². The molecule has 166 valence electrons. The summed E-state index contributed by atoms with van der Waals surface area (Å²) in [6, 6.07) is 7.73. The van der Waals surface area contributed by atoms with Crippen LogP contribution in [-0.2, 0) is 32.5 Å². The van der Waals surface area contributed by atoms with Gasteiger partial charge in [-0.3, -0.25) is 14.5 Å². The summed E-state index contributed by atoms with van der Waals surface area (Å²) in [5.74, 6) is 0.251. The molecule has 4 rings (SSSR count). The third-order valence-corrected chi connectivity index (χ3v) is 7.78. The summed E-state index contributed by atoms with van der Waals surface area (Å²) >= 11 is 0. The number of rotatable bonds is 6. The lowest BCUT2D eigenvalue weighted by molar-refractivity contribution is -0.125. The van der Waals surface area contributed by atoms with Gasteiger partial charge in [-0.2, -0.15) is 4.31 Å². The second-order valence-electron chi connectivity index (χ2n) is 7.98. The molecule has 2 amide bonds. The lowest BCUT2D eigenvalue weighted by atomic mass is 10.1. The maximum Gasteiger partial charge on any atom is 0.243 e. The van der Waals surface area contributed by atoms with Gasteiger partial charge >= 0.3 is 0 Å². The molecule has 1 N–H and O–H groups in total. The predicted octanol–water partition coefficient (Wildman–Crippen LogP) is 2.09. The molecule has 1 aromatic carbocycles. The van der Waals surface area contributed by atoms with Gasteiger partial charge in [0.05, 0.1) is 11.2 Å². The van der Waals surface area contributed by atoms with Crippen molar-refractivity contribution in [1.82, 2.24) is 9.62 Å². The third kappa shape index (κ3) is 4.38. The van der Waals surface area contributed by atoms with E-state index in [0.717, 1.165) is 25.0 Å². The van der Waals surface area contributed by atoms with Gasteiger partial charge in [0.15, 0.2) is 0 Å². The number of sulfonamides is 1. The number of amides is 2. The molecule has 2 aromatic rings. The highest BCUT2D eigenvalue weighted by Gasteiger charge is 2.38. The summed E-state index contributed by atoms with van der Waals surface area (Å²) < 4.78 is 32.8. The largest absolute Gasteiger partial charge is 0.469 e. The molecule has 2 aliphatic rings. The van der Waals surface area contributed by atoms with E-state index in [0.29, 0.717) is 37.3 Å². The minimum atomic E-state index is -3.58. The van der Waals surface area contributed by atoms with Crippen molar-refractivity contribution >= 4 is 27.5 Å². The van der Waals surface area contributed by atoms with Crippen molar-refractivity contribution in [3.05, 3.63) is 47.9 Å². The Morgan fingerprint density at radius 3 is 2.61 bits per heavy atom. The molecule has 3 heterocycles. The van der Waals surface area contributed by atoms with E-state index in [1.165, 1.54) is 22.2 Å². The summed E-state index contributed by atoms with van der Waals surface area (Å²) in [4.78, 5) is 26.8. The first-order chi connectivity index (χ1) is 14.9. The average molecular weight is 446 g/mol. The minimum absolute atomic E-state index is 0.218. The van der Waals surface area contributed by atoms with Gasteiger partial charge in [-0.1, -0.05) is 6.42 Å². The summed E-state index contributed by atoms with van der Waals surface area (Å²) in [5, 5.41) is 2.86. The quantitative estimate of drug-likeness (QED) is 0.734. The van der Waals surface area contributed by atoms with Crippen molar-refractivity contribution in [2.24, 2.45) is 0 Å². The normalized spacial score (nSPS) is 19.3. The topological polar surface area (TPSA) is 99.9 Å². The first kappa shape index (κ1) is 21.6. The lowest BCUT2D eigenvalue weighted by Crippen LogP contribution is -2.47. The van der Waals surface area contributed by atoms with Crippen molar-refractivity contribution in [3.63, 3.8) is 0 Å². The van der Waals surface area contributed by atoms with Crippen LogP contribution in [0.1, 0.15) is 37.5 Å². The number of fused-ring (bicyclic) bond motifs is 1.